The summed E-state index contributed by atoms with van der Waals surface area (Å²) >= 11 is 5.80. The fraction of sp³-hybridized carbons (Fsp3) is 0.250. The molecule has 1 unspecified atom stereocenters. The monoisotopic (exact) mass is 303 g/mol. The summed E-state index contributed by atoms with van der Waals surface area (Å²) in [5.41, 5.74) is 1.43. The van der Waals surface area contributed by atoms with Gasteiger partial charge in [-0.15, -0.1) is 0 Å². The van der Waals surface area contributed by atoms with E-state index in [-0.39, 0.29) is 5.02 Å². The molecular formula is C16H15ClFN3. The van der Waals surface area contributed by atoms with Gasteiger partial charge in [0.15, 0.2) is 5.54 Å². The average Bonchev–Trinajstić information content (AvgIpc) is 2.49. The Kier molecular flexibility index (Phi) is 4.44. The van der Waals surface area contributed by atoms with Crippen molar-refractivity contribution in [2.45, 2.75) is 25.8 Å². The highest BCUT2D eigenvalue weighted by molar-refractivity contribution is 6.31. The van der Waals surface area contributed by atoms with Crippen molar-refractivity contribution in [2.24, 2.45) is 0 Å². The number of nitrogens with zero attached hydrogens (tertiary/aromatic N) is 2. The van der Waals surface area contributed by atoms with Gasteiger partial charge in [-0.25, -0.2) is 4.39 Å². The van der Waals surface area contributed by atoms with Crippen LogP contribution >= 0.6 is 11.6 Å². The largest absolute Gasteiger partial charge is 0.364 e. The van der Waals surface area contributed by atoms with E-state index in [1.165, 1.54) is 12.1 Å². The third-order valence-electron chi connectivity index (χ3n) is 3.50. The number of anilines is 1. The lowest BCUT2D eigenvalue weighted by molar-refractivity contribution is 0.596. The van der Waals surface area contributed by atoms with Crippen molar-refractivity contribution >= 4 is 17.3 Å². The first-order chi connectivity index (χ1) is 10.0. The van der Waals surface area contributed by atoms with E-state index in [1.807, 2.05) is 19.9 Å². The molecule has 1 heterocycles. The first-order valence-corrected chi connectivity index (χ1v) is 6.96. The first kappa shape index (κ1) is 15.3. The molecular weight excluding hydrogens is 289 g/mol. The second kappa shape index (κ2) is 6.11. The molecule has 0 saturated heterocycles. The maximum Gasteiger partial charge on any atom is 0.152 e. The summed E-state index contributed by atoms with van der Waals surface area (Å²) in [6.45, 7) is 3.84. The van der Waals surface area contributed by atoms with Crippen LogP contribution in [0, 0.1) is 24.1 Å². The van der Waals surface area contributed by atoms with Crippen LogP contribution < -0.4 is 5.32 Å². The number of pyridine rings is 1. The van der Waals surface area contributed by atoms with Gasteiger partial charge in [-0.2, -0.15) is 5.26 Å². The Labute approximate surface area is 128 Å². The molecule has 0 bridgehead atoms. The Balaban J connectivity index is 2.46. The van der Waals surface area contributed by atoms with Gasteiger partial charge in [-0.1, -0.05) is 18.5 Å². The Morgan fingerprint density at radius 3 is 2.76 bits per heavy atom. The molecule has 2 rings (SSSR count). The zero-order chi connectivity index (χ0) is 15.5. The van der Waals surface area contributed by atoms with Crippen molar-refractivity contribution < 1.29 is 4.39 Å². The minimum Gasteiger partial charge on any atom is -0.364 e. The predicted molar refractivity (Wildman–Crippen MR) is 81.6 cm³/mol. The highest BCUT2D eigenvalue weighted by atomic mass is 35.5. The number of aryl methyl sites for hydroxylation is 1. The summed E-state index contributed by atoms with van der Waals surface area (Å²) in [5, 5.41) is 12.9. The van der Waals surface area contributed by atoms with Crippen LogP contribution in [-0.2, 0) is 5.54 Å². The molecule has 1 aromatic heterocycles. The van der Waals surface area contributed by atoms with Crippen LogP contribution in [0.5, 0.6) is 0 Å². The van der Waals surface area contributed by atoms with E-state index in [2.05, 4.69) is 16.4 Å². The van der Waals surface area contributed by atoms with Crippen LogP contribution in [0.2, 0.25) is 5.02 Å². The second-order valence-electron chi connectivity index (χ2n) is 4.82. The summed E-state index contributed by atoms with van der Waals surface area (Å²) < 4.78 is 13.2. The van der Waals surface area contributed by atoms with Crippen molar-refractivity contribution in [1.29, 1.82) is 5.26 Å². The van der Waals surface area contributed by atoms with Gasteiger partial charge in [0.25, 0.3) is 0 Å². The van der Waals surface area contributed by atoms with Gasteiger partial charge in [0, 0.05) is 23.6 Å². The molecule has 1 atom stereocenters. The molecule has 0 radical (unpaired) electrons. The smallest absolute Gasteiger partial charge is 0.152 e. The zero-order valence-corrected chi connectivity index (χ0v) is 12.6. The van der Waals surface area contributed by atoms with Crippen molar-refractivity contribution in [3.05, 3.63) is 58.6 Å². The quantitative estimate of drug-likeness (QED) is 0.909. The normalized spacial score (nSPS) is 13.3. The fourth-order valence-corrected chi connectivity index (χ4v) is 2.43. The van der Waals surface area contributed by atoms with Gasteiger partial charge < -0.3 is 5.32 Å². The van der Waals surface area contributed by atoms with Crippen molar-refractivity contribution in [3.8, 4) is 6.07 Å². The lowest BCUT2D eigenvalue weighted by Crippen LogP contribution is -2.34. The Morgan fingerprint density at radius 2 is 2.19 bits per heavy atom. The molecule has 0 aliphatic carbocycles. The SMILES string of the molecule is CCC(C#N)(Nc1ccc(F)c(Cl)c1)c1cnccc1C. The van der Waals surface area contributed by atoms with Gasteiger partial charge in [-0.3, -0.25) is 4.98 Å². The van der Waals surface area contributed by atoms with Crippen molar-refractivity contribution in [3.63, 3.8) is 0 Å². The summed E-state index contributed by atoms with van der Waals surface area (Å²) in [6.07, 6.45) is 3.90. The van der Waals surface area contributed by atoms with Crippen LogP contribution in [0.25, 0.3) is 0 Å². The van der Waals surface area contributed by atoms with Crippen LogP contribution in [-0.4, -0.2) is 4.98 Å². The van der Waals surface area contributed by atoms with Crippen molar-refractivity contribution in [2.75, 3.05) is 5.32 Å². The molecule has 0 spiro atoms. The van der Waals surface area contributed by atoms with Crippen LogP contribution in [0.4, 0.5) is 10.1 Å². The Bertz CT molecular complexity index is 696. The standard InChI is InChI=1S/C16H15ClFN3/c1-3-16(10-19,13-9-20-7-6-11(13)2)21-12-4-5-15(18)14(17)8-12/h4-9,21H,3H2,1-2H3. The maximum atomic E-state index is 13.2. The highest BCUT2D eigenvalue weighted by Crippen LogP contribution is 2.32. The Morgan fingerprint density at radius 1 is 1.43 bits per heavy atom. The Hall–Kier alpha value is -2.12. The lowest BCUT2D eigenvalue weighted by Gasteiger charge is -2.29. The lowest BCUT2D eigenvalue weighted by atomic mass is 9.86. The average molecular weight is 304 g/mol. The van der Waals surface area contributed by atoms with E-state index in [9.17, 15) is 9.65 Å². The van der Waals surface area contributed by atoms with Gasteiger partial charge in [0.05, 0.1) is 11.1 Å². The molecule has 1 N–H and O–H groups in total. The molecule has 1 aromatic carbocycles. The highest BCUT2D eigenvalue weighted by Gasteiger charge is 2.32. The predicted octanol–water partition coefficient (Wildman–Crippen LogP) is 4.42. The molecule has 0 aliphatic rings. The van der Waals surface area contributed by atoms with Crippen LogP contribution in [0.3, 0.4) is 0 Å². The number of halogens is 2. The van der Waals surface area contributed by atoms with E-state index in [0.717, 1.165) is 11.1 Å². The van der Waals surface area contributed by atoms with Crippen molar-refractivity contribution in [1.82, 2.24) is 4.98 Å². The van der Waals surface area contributed by atoms with E-state index in [1.54, 1.807) is 18.5 Å². The minimum atomic E-state index is -0.931. The van der Waals surface area contributed by atoms with E-state index in [4.69, 9.17) is 11.6 Å². The molecule has 0 saturated carbocycles. The van der Waals surface area contributed by atoms with Crippen LogP contribution in [0.15, 0.2) is 36.7 Å². The van der Waals surface area contributed by atoms with Gasteiger partial charge in [0.1, 0.15) is 5.82 Å². The number of nitrogens with one attached hydrogen (secondary N) is 1. The topological polar surface area (TPSA) is 48.7 Å². The third-order valence-corrected chi connectivity index (χ3v) is 3.79. The molecule has 5 heteroatoms. The molecule has 0 fully saturated rings. The zero-order valence-electron chi connectivity index (χ0n) is 11.8. The van der Waals surface area contributed by atoms with Gasteiger partial charge >= 0.3 is 0 Å². The number of hydrogen-bond acceptors (Lipinski definition) is 3. The molecule has 2 aromatic rings. The maximum absolute atomic E-state index is 13.2. The van der Waals surface area contributed by atoms with E-state index < -0.39 is 11.4 Å². The number of nitriles is 1. The molecule has 21 heavy (non-hydrogen) atoms. The van der Waals surface area contributed by atoms with Gasteiger partial charge in [0.2, 0.25) is 0 Å². The molecule has 3 nitrogen and oxygen atoms in total. The first-order valence-electron chi connectivity index (χ1n) is 6.58. The summed E-state index contributed by atoms with van der Waals surface area (Å²) in [6, 6.07) is 8.49. The number of benzene rings is 1. The molecule has 108 valence electrons. The van der Waals surface area contributed by atoms with E-state index >= 15 is 0 Å². The third kappa shape index (κ3) is 2.98. The fourth-order valence-electron chi connectivity index (χ4n) is 2.24. The minimum absolute atomic E-state index is 0.0193. The second-order valence-corrected chi connectivity index (χ2v) is 5.22. The molecule has 0 aliphatic heterocycles. The summed E-state index contributed by atoms with van der Waals surface area (Å²) in [5.74, 6) is -0.487. The summed E-state index contributed by atoms with van der Waals surface area (Å²) in [7, 11) is 0. The molecule has 0 amide bonds. The van der Waals surface area contributed by atoms with Crippen LogP contribution in [0.1, 0.15) is 24.5 Å². The van der Waals surface area contributed by atoms with E-state index in [0.29, 0.717) is 12.1 Å². The summed E-state index contributed by atoms with van der Waals surface area (Å²) in [4.78, 5) is 4.10. The number of aromatic nitrogens is 1. The number of hydrogen-bond donors (Lipinski definition) is 1. The van der Waals surface area contributed by atoms with Gasteiger partial charge in [-0.05, 0) is 43.2 Å². The number of rotatable bonds is 4.